The summed E-state index contributed by atoms with van der Waals surface area (Å²) in [5.41, 5.74) is 9.90. The largest absolute Gasteiger partial charge is 0.395 e. The highest BCUT2D eigenvalue weighted by molar-refractivity contribution is 5.93. The van der Waals surface area contributed by atoms with Crippen molar-refractivity contribution < 1.29 is 9.53 Å². The van der Waals surface area contributed by atoms with Gasteiger partial charge in [-0.15, -0.1) is 5.10 Å². The number of hydrogen-bond acceptors (Lipinski definition) is 8. The van der Waals surface area contributed by atoms with Gasteiger partial charge in [0.25, 0.3) is 5.91 Å². The van der Waals surface area contributed by atoms with Crippen LogP contribution < -0.4 is 27.2 Å². The maximum Gasteiger partial charge on any atom is 0.271 e. The molecule has 4 bridgehead atoms. The van der Waals surface area contributed by atoms with Crippen LogP contribution in [0.4, 0.5) is 22.9 Å². The number of anilines is 4. The molecular formula is C18H22N8O2. The van der Waals surface area contributed by atoms with E-state index in [4.69, 9.17) is 16.3 Å². The molecule has 146 valence electrons. The second-order valence-corrected chi connectivity index (χ2v) is 6.83. The topological polar surface area (TPSA) is 136 Å². The lowest BCUT2D eigenvalue weighted by atomic mass is 10.1. The molecule has 0 aliphatic carbocycles. The summed E-state index contributed by atoms with van der Waals surface area (Å²) in [6, 6.07) is 7.14. The van der Waals surface area contributed by atoms with Crippen LogP contribution in [-0.4, -0.2) is 40.2 Å². The van der Waals surface area contributed by atoms with Crippen LogP contribution in [-0.2, 0) is 11.3 Å². The Morgan fingerprint density at radius 2 is 2.18 bits per heavy atom. The highest BCUT2D eigenvalue weighted by atomic mass is 16.5. The van der Waals surface area contributed by atoms with Crippen LogP contribution in [0.2, 0.25) is 0 Å². The Balaban J connectivity index is 1.85. The number of aromatic nitrogens is 3. The number of nitrogen functional groups attached to an aromatic ring is 1. The van der Waals surface area contributed by atoms with Crippen molar-refractivity contribution in [2.45, 2.75) is 19.6 Å². The van der Waals surface area contributed by atoms with E-state index < -0.39 is 0 Å². The second-order valence-electron chi connectivity index (χ2n) is 6.83. The van der Waals surface area contributed by atoms with Crippen LogP contribution in [0.3, 0.4) is 0 Å². The summed E-state index contributed by atoms with van der Waals surface area (Å²) >= 11 is 0. The van der Waals surface area contributed by atoms with Crippen molar-refractivity contribution in [2.75, 3.05) is 29.7 Å². The van der Waals surface area contributed by atoms with E-state index in [0.717, 1.165) is 5.56 Å². The predicted octanol–water partition coefficient (Wildman–Crippen LogP) is 1.01. The Morgan fingerprint density at radius 1 is 1.36 bits per heavy atom. The van der Waals surface area contributed by atoms with Crippen LogP contribution in [0.5, 0.6) is 0 Å². The van der Waals surface area contributed by atoms with E-state index >= 15 is 0 Å². The van der Waals surface area contributed by atoms with Gasteiger partial charge in [0.15, 0.2) is 17.2 Å². The third-order valence-electron chi connectivity index (χ3n) is 4.47. The highest BCUT2D eigenvalue weighted by Crippen LogP contribution is 2.33. The van der Waals surface area contributed by atoms with Crippen LogP contribution in [0.15, 0.2) is 30.5 Å². The van der Waals surface area contributed by atoms with E-state index in [-0.39, 0.29) is 11.9 Å². The van der Waals surface area contributed by atoms with Gasteiger partial charge in [-0.1, -0.05) is 0 Å². The quantitative estimate of drug-likeness (QED) is 0.278. The fourth-order valence-corrected chi connectivity index (χ4v) is 3.10. The molecule has 0 spiro atoms. The van der Waals surface area contributed by atoms with Gasteiger partial charge in [0.05, 0.1) is 36.5 Å². The average Bonchev–Trinajstić information content (AvgIpc) is 3.06. The maximum absolute atomic E-state index is 12.6. The van der Waals surface area contributed by atoms with Gasteiger partial charge < -0.3 is 26.1 Å². The zero-order chi connectivity index (χ0) is 19.8. The molecule has 1 unspecified atom stereocenters. The molecule has 0 radical (unpaired) electrons. The summed E-state index contributed by atoms with van der Waals surface area (Å²) in [6.07, 6.45) is 1.50. The van der Waals surface area contributed by atoms with Crippen LogP contribution >= 0.6 is 0 Å². The number of imidazole rings is 1. The number of nitrogens with zero attached hydrogens (tertiary/aromatic N) is 4. The Labute approximate surface area is 161 Å². The highest BCUT2D eigenvalue weighted by Gasteiger charge is 2.18. The number of hydrazine groups is 1. The minimum atomic E-state index is -0.268. The standard InChI is InChI=1S/C18H22N8O2/c1-10-8-28-9-11-5-12(17(19)13(6-11)25(2)20)23-15-3-4-16-21-7-14(18(27)22-10)26(16)24-15/h3-7,10H,8-9,19-20H2,1-2H3,(H,22,27)(H,23,24). The fraction of sp³-hybridized carbons (Fsp3) is 0.278. The van der Waals surface area contributed by atoms with Crippen molar-refractivity contribution in [2.24, 2.45) is 5.84 Å². The maximum atomic E-state index is 12.6. The summed E-state index contributed by atoms with van der Waals surface area (Å²) in [6.45, 7) is 2.57. The third-order valence-corrected chi connectivity index (χ3v) is 4.47. The first-order chi connectivity index (χ1) is 13.4. The van der Waals surface area contributed by atoms with Crippen molar-refractivity contribution in [1.29, 1.82) is 0 Å². The molecule has 1 aromatic carbocycles. The molecule has 0 saturated heterocycles. The van der Waals surface area contributed by atoms with E-state index in [2.05, 4.69) is 20.7 Å². The zero-order valence-electron chi connectivity index (χ0n) is 15.6. The number of carbonyl (C=O) groups excluding carboxylic acids is 1. The number of nitrogens with one attached hydrogen (secondary N) is 2. The van der Waals surface area contributed by atoms with E-state index in [1.807, 2.05) is 19.1 Å². The van der Waals surface area contributed by atoms with Crippen molar-refractivity contribution in [1.82, 2.24) is 19.9 Å². The minimum absolute atomic E-state index is 0.188. The molecule has 1 aliphatic heterocycles. The lowest BCUT2D eigenvalue weighted by Crippen LogP contribution is -2.36. The van der Waals surface area contributed by atoms with Gasteiger partial charge in [-0.3, -0.25) is 4.79 Å². The second kappa shape index (κ2) is 6.98. The summed E-state index contributed by atoms with van der Waals surface area (Å²) < 4.78 is 7.27. The third kappa shape index (κ3) is 3.30. The first-order valence-electron chi connectivity index (χ1n) is 8.83. The number of amides is 1. The Hall–Kier alpha value is -3.37. The molecule has 3 heterocycles. The molecule has 6 N–H and O–H groups in total. The molecule has 28 heavy (non-hydrogen) atoms. The fourth-order valence-electron chi connectivity index (χ4n) is 3.10. The summed E-state index contributed by atoms with van der Waals surface area (Å²) in [7, 11) is 1.72. The monoisotopic (exact) mass is 382 g/mol. The number of benzene rings is 1. The first-order valence-corrected chi connectivity index (χ1v) is 8.83. The molecule has 1 atom stereocenters. The van der Waals surface area contributed by atoms with Gasteiger partial charge in [0.2, 0.25) is 0 Å². The normalized spacial score (nSPS) is 17.1. The summed E-state index contributed by atoms with van der Waals surface area (Å²) in [5.74, 6) is 6.18. The lowest BCUT2D eigenvalue weighted by molar-refractivity contribution is 0.0815. The number of carbonyl (C=O) groups is 1. The van der Waals surface area contributed by atoms with Crippen LogP contribution in [0.1, 0.15) is 23.0 Å². The first kappa shape index (κ1) is 18.0. The number of ether oxygens (including phenoxy) is 1. The van der Waals surface area contributed by atoms with Crippen LogP contribution in [0.25, 0.3) is 5.65 Å². The van der Waals surface area contributed by atoms with E-state index in [0.29, 0.717) is 47.4 Å². The number of fused-ring (bicyclic) bond motifs is 3. The van der Waals surface area contributed by atoms with Gasteiger partial charge in [-0.05, 0) is 36.8 Å². The summed E-state index contributed by atoms with van der Waals surface area (Å²) in [4.78, 5) is 16.8. The molecule has 1 amide bonds. The molecule has 4 rings (SSSR count). The predicted molar refractivity (Wildman–Crippen MR) is 106 cm³/mol. The number of rotatable bonds is 1. The van der Waals surface area contributed by atoms with Crippen LogP contribution in [0, 0.1) is 0 Å². The lowest BCUT2D eigenvalue weighted by Gasteiger charge is -2.21. The molecule has 0 fully saturated rings. The Kier molecular flexibility index (Phi) is 4.49. The summed E-state index contributed by atoms with van der Waals surface area (Å²) in [5, 5.41) is 12.1. The number of nitrogens with two attached hydrogens (primary N) is 2. The minimum Gasteiger partial charge on any atom is -0.395 e. The Morgan fingerprint density at radius 3 is 2.96 bits per heavy atom. The zero-order valence-corrected chi connectivity index (χ0v) is 15.6. The van der Waals surface area contributed by atoms with Crippen molar-refractivity contribution in [3.05, 3.63) is 41.7 Å². The van der Waals surface area contributed by atoms with Crippen molar-refractivity contribution >= 4 is 34.4 Å². The molecule has 3 aromatic rings. The van der Waals surface area contributed by atoms with Gasteiger partial charge in [-0.2, -0.15) is 0 Å². The Bertz CT molecular complexity index is 1050. The van der Waals surface area contributed by atoms with E-state index in [1.54, 1.807) is 19.2 Å². The molecule has 10 nitrogen and oxygen atoms in total. The smallest absolute Gasteiger partial charge is 0.271 e. The van der Waals surface area contributed by atoms with E-state index in [1.165, 1.54) is 15.7 Å². The SMILES string of the molecule is CC1COCc2cc(c(N)c(N(C)N)c2)Nc2ccc3ncc(n3n2)C(=O)N1. The molecule has 1 aliphatic rings. The average molecular weight is 382 g/mol. The van der Waals surface area contributed by atoms with Gasteiger partial charge in [-0.25, -0.2) is 15.3 Å². The van der Waals surface area contributed by atoms with Crippen molar-refractivity contribution in [3.8, 4) is 0 Å². The molecule has 2 aromatic heterocycles. The van der Waals surface area contributed by atoms with Gasteiger partial charge in [0.1, 0.15) is 0 Å². The van der Waals surface area contributed by atoms with Crippen molar-refractivity contribution in [3.63, 3.8) is 0 Å². The van der Waals surface area contributed by atoms with Gasteiger partial charge >= 0.3 is 0 Å². The number of hydrogen-bond donors (Lipinski definition) is 4. The van der Waals surface area contributed by atoms with E-state index in [9.17, 15) is 4.79 Å². The molecule has 0 saturated carbocycles. The molecule has 10 heteroatoms. The van der Waals surface area contributed by atoms with Gasteiger partial charge in [0, 0.05) is 13.1 Å². The molecular weight excluding hydrogens is 360 g/mol.